The normalized spacial score (nSPS) is 10.8. The zero-order valence-corrected chi connectivity index (χ0v) is 17.6. The smallest absolute Gasteiger partial charge is 0.337 e. The molecule has 0 radical (unpaired) electrons. The summed E-state index contributed by atoms with van der Waals surface area (Å²) in [6.45, 7) is 1.98. The molecule has 0 aliphatic carbocycles. The van der Waals surface area contributed by atoms with Crippen LogP contribution in [0.1, 0.15) is 23.0 Å². The first-order chi connectivity index (χ1) is 15.0. The van der Waals surface area contributed by atoms with Crippen molar-refractivity contribution in [3.8, 4) is 22.0 Å². The van der Waals surface area contributed by atoms with Crippen LogP contribution in [0.2, 0.25) is 0 Å². The van der Waals surface area contributed by atoms with Crippen LogP contribution in [0.25, 0.3) is 16.3 Å². The van der Waals surface area contributed by atoms with E-state index < -0.39 is 11.8 Å². The number of benzene rings is 2. The van der Waals surface area contributed by atoms with Gasteiger partial charge in [0.05, 0.1) is 29.6 Å². The summed E-state index contributed by atoms with van der Waals surface area (Å²) >= 11 is 1.45. The molecule has 2 aromatic carbocycles. The summed E-state index contributed by atoms with van der Waals surface area (Å²) in [5.74, 6) is -0.753. The van der Waals surface area contributed by atoms with E-state index in [0.717, 1.165) is 22.3 Å². The maximum Gasteiger partial charge on any atom is 0.337 e. The number of thiazole rings is 1. The largest absolute Gasteiger partial charge is 0.494 e. The van der Waals surface area contributed by atoms with Crippen LogP contribution < -0.4 is 10.1 Å². The fraction of sp³-hybridized carbons (Fsp3) is 0.136. The third-order valence-electron chi connectivity index (χ3n) is 4.72. The van der Waals surface area contributed by atoms with Crippen LogP contribution in [-0.4, -0.2) is 33.0 Å². The summed E-state index contributed by atoms with van der Waals surface area (Å²) in [6, 6.07) is 11.0. The second-order valence-electron chi connectivity index (χ2n) is 6.56. The number of para-hydroxylation sites is 2. The Hall–Kier alpha value is -3.72. The lowest BCUT2D eigenvalue weighted by Crippen LogP contribution is -2.08. The lowest BCUT2D eigenvalue weighted by molar-refractivity contribution is 0.0697. The molecule has 2 aromatic heterocycles. The minimum Gasteiger partial charge on any atom is -0.494 e. The molecule has 9 heteroatoms. The van der Waals surface area contributed by atoms with Gasteiger partial charge in [-0.1, -0.05) is 19.1 Å². The SMILES string of the molecule is CCc1nn(-c2ccccc2OC)c(Nc2ccc(F)cc2C(=O)O)c1-c1nccs1. The third kappa shape index (κ3) is 3.87. The van der Waals surface area contributed by atoms with Crippen molar-refractivity contribution in [2.45, 2.75) is 13.3 Å². The highest BCUT2D eigenvalue weighted by Crippen LogP contribution is 2.39. The zero-order valence-electron chi connectivity index (χ0n) is 16.8. The Balaban J connectivity index is 1.98. The van der Waals surface area contributed by atoms with E-state index in [9.17, 15) is 14.3 Å². The van der Waals surface area contributed by atoms with Crippen molar-refractivity contribution in [3.05, 3.63) is 71.1 Å². The minimum atomic E-state index is -1.24. The third-order valence-corrected chi connectivity index (χ3v) is 5.51. The van der Waals surface area contributed by atoms with Gasteiger partial charge >= 0.3 is 5.97 Å². The fourth-order valence-corrected chi connectivity index (χ4v) is 4.01. The van der Waals surface area contributed by atoms with Gasteiger partial charge in [0.2, 0.25) is 0 Å². The summed E-state index contributed by atoms with van der Waals surface area (Å²) in [4.78, 5) is 16.2. The molecule has 0 spiro atoms. The van der Waals surface area contributed by atoms with Crippen LogP contribution in [0.4, 0.5) is 15.9 Å². The molecule has 4 aromatic rings. The Morgan fingerprint density at radius 2 is 2.10 bits per heavy atom. The molecule has 0 aliphatic rings. The van der Waals surface area contributed by atoms with Crippen molar-refractivity contribution in [3.63, 3.8) is 0 Å². The second-order valence-corrected chi connectivity index (χ2v) is 7.46. The summed E-state index contributed by atoms with van der Waals surface area (Å²) in [5, 5.41) is 20.1. The predicted octanol–water partition coefficient (Wildman–Crippen LogP) is 5.15. The van der Waals surface area contributed by atoms with Crippen molar-refractivity contribution < 1.29 is 19.0 Å². The number of halogens is 1. The number of aromatic carboxylic acids is 1. The molecule has 0 fully saturated rings. The van der Waals surface area contributed by atoms with Gasteiger partial charge in [-0.25, -0.2) is 18.9 Å². The lowest BCUT2D eigenvalue weighted by Gasteiger charge is -2.15. The van der Waals surface area contributed by atoms with Gasteiger partial charge in [0.25, 0.3) is 0 Å². The van der Waals surface area contributed by atoms with Crippen LogP contribution in [0.15, 0.2) is 54.0 Å². The number of hydrogen-bond donors (Lipinski definition) is 2. The highest BCUT2D eigenvalue weighted by atomic mass is 32.1. The van der Waals surface area contributed by atoms with Gasteiger partial charge in [-0.15, -0.1) is 11.3 Å². The summed E-state index contributed by atoms with van der Waals surface area (Å²) in [5.41, 5.74) is 2.26. The summed E-state index contributed by atoms with van der Waals surface area (Å²) in [7, 11) is 1.57. The molecule has 158 valence electrons. The second kappa shape index (κ2) is 8.57. The van der Waals surface area contributed by atoms with E-state index in [1.54, 1.807) is 18.0 Å². The van der Waals surface area contributed by atoms with Crippen molar-refractivity contribution in [1.29, 1.82) is 0 Å². The standard InChI is InChI=1S/C22H19FN4O3S/c1-3-15-19(21-24-10-11-31-21)20(25-16-9-8-13(23)12-14(16)22(28)29)27(26-15)17-6-4-5-7-18(17)30-2/h4-12,25H,3H2,1-2H3,(H,28,29). The number of methoxy groups -OCH3 is 1. The van der Waals surface area contributed by atoms with Crippen LogP contribution in [0, 0.1) is 5.82 Å². The maximum atomic E-state index is 13.7. The molecule has 7 nitrogen and oxygen atoms in total. The number of carbonyl (C=O) groups is 1. The first-order valence-corrected chi connectivity index (χ1v) is 10.4. The number of ether oxygens (including phenoxy) is 1. The number of carboxylic acids is 1. The van der Waals surface area contributed by atoms with Crippen molar-refractivity contribution in [2.24, 2.45) is 0 Å². The molecule has 0 atom stereocenters. The van der Waals surface area contributed by atoms with E-state index in [1.165, 1.54) is 23.5 Å². The number of aromatic nitrogens is 3. The average molecular weight is 438 g/mol. The quantitative estimate of drug-likeness (QED) is 0.415. The first-order valence-electron chi connectivity index (χ1n) is 9.48. The molecule has 0 unspecified atom stereocenters. The first kappa shape index (κ1) is 20.5. The molecular formula is C22H19FN4O3S. The Morgan fingerprint density at radius 3 is 2.77 bits per heavy atom. The van der Waals surface area contributed by atoms with E-state index in [2.05, 4.69) is 10.3 Å². The Labute approximate surface area is 181 Å². The molecule has 31 heavy (non-hydrogen) atoms. The van der Waals surface area contributed by atoms with Gasteiger partial charge in [0.1, 0.15) is 28.1 Å². The molecule has 2 N–H and O–H groups in total. The van der Waals surface area contributed by atoms with Gasteiger partial charge in [-0.05, 0) is 36.8 Å². The fourth-order valence-electron chi connectivity index (χ4n) is 3.31. The Morgan fingerprint density at radius 1 is 1.29 bits per heavy atom. The van der Waals surface area contributed by atoms with Gasteiger partial charge in [0, 0.05) is 11.6 Å². The van der Waals surface area contributed by atoms with Gasteiger partial charge in [0.15, 0.2) is 0 Å². The molecule has 2 heterocycles. The Kier molecular flexibility index (Phi) is 5.68. The van der Waals surface area contributed by atoms with E-state index in [4.69, 9.17) is 9.84 Å². The van der Waals surface area contributed by atoms with Crippen LogP contribution in [-0.2, 0) is 6.42 Å². The van der Waals surface area contributed by atoms with Crippen LogP contribution in [0.5, 0.6) is 5.75 Å². The number of aryl methyl sites for hydroxylation is 1. The van der Waals surface area contributed by atoms with E-state index in [1.807, 2.05) is 36.6 Å². The van der Waals surface area contributed by atoms with E-state index >= 15 is 0 Å². The highest BCUT2D eigenvalue weighted by molar-refractivity contribution is 7.13. The summed E-state index contributed by atoms with van der Waals surface area (Å²) < 4.78 is 20.9. The van der Waals surface area contributed by atoms with Gasteiger partial charge < -0.3 is 15.2 Å². The van der Waals surface area contributed by atoms with E-state index in [-0.39, 0.29) is 11.3 Å². The number of nitrogens with one attached hydrogen (secondary N) is 1. The van der Waals surface area contributed by atoms with Gasteiger partial charge in [-0.2, -0.15) is 5.10 Å². The number of carboxylic acid groups (broad SMARTS) is 1. The molecule has 4 rings (SSSR count). The van der Waals surface area contributed by atoms with E-state index in [0.29, 0.717) is 23.7 Å². The Bertz CT molecular complexity index is 1240. The maximum absolute atomic E-state index is 13.7. The lowest BCUT2D eigenvalue weighted by atomic mass is 10.1. The number of hydrogen-bond acceptors (Lipinski definition) is 6. The predicted molar refractivity (Wildman–Crippen MR) is 117 cm³/mol. The van der Waals surface area contributed by atoms with Crippen LogP contribution >= 0.6 is 11.3 Å². The molecule has 0 saturated heterocycles. The zero-order chi connectivity index (χ0) is 22.0. The van der Waals surface area contributed by atoms with Crippen molar-refractivity contribution in [1.82, 2.24) is 14.8 Å². The number of nitrogens with zero attached hydrogens (tertiary/aromatic N) is 3. The van der Waals surface area contributed by atoms with Crippen molar-refractivity contribution >= 4 is 28.8 Å². The van der Waals surface area contributed by atoms with Crippen LogP contribution in [0.3, 0.4) is 0 Å². The molecule has 0 bridgehead atoms. The highest BCUT2D eigenvalue weighted by Gasteiger charge is 2.24. The van der Waals surface area contributed by atoms with Gasteiger partial charge in [-0.3, -0.25) is 0 Å². The average Bonchev–Trinajstić information content (AvgIpc) is 3.42. The van der Waals surface area contributed by atoms with Crippen molar-refractivity contribution in [2.75, 3.05) is 12.4 Å². The molecule has 0 amide bonds. The molecule has 0 saturated carbocycles. The topological polar surface area (TPSA) is 89.3 Å². The number of anilines is 2. The molecule has 0 aliphatic heterocycles. The minimum absolute atomic E-state index is 0.184. The monoisotopic (exact) mass is 438 g/mol. The molecular weight excluding hydrogens is 419 g/mol. The summed E-state index contributed by atoms with van der Waals surface area (Å²) in [6.07, 6.45) is 2.32. The number of rotatable bonds is 7.